The molecular formula is C22H31F3N4O3S. The van der Waals surface area contributed by atoms with Crippen molar-refractivity contribution >= 4 is 27.1 Å². The van der Waals surface area contributed by atoms with Crippen molar-refractivity contribution in [3.8, 4) is 0 Å². The third kappa shape index (κ3) is 6.19. The molecule has 0 spiro atoms. The highest BCUT2D eigenvalue weighted by Crippen LogP contribution is 2.36. The number of piperidine rings is 1. The molecule has 0 radical (unpaired) electrons. The summed E-state index contributed by atoms with van der Waals surface area (Å²) < 4.78 is 63.3. The minimum atomic E-state index is -4.48. The molecule has 0 bridgehead atoms. The van der Waals surface area contributed by atoms with Crippen LogP contribution in [0.4, 0.5) is 24.5 Å². The molecule has 3 aliphatic rings. The van der Waals surface area contributed by atoms with Crippen LogP contribution in [0, 0.1) is 0 Å². The summed E-state index contributed by atoms with van der Waals surface area (Å²) in [6, 6.07) is 3.60. The van der Waals surface area contributed by atoms with Crippen molar-refractivity contribution in [3.63, 3.8) is 0 Å². The lowest BCUT2D eigenvalue weighted by molar-refractivity contribution is -0.137. The van der Waals surface area contributed by atoms with Crippen molar-refractivity contribution in [1.82, 2.24) is 9.80 Å². The average molecular weight is 489 g/mol. The van der Waals surface area contributed by atoms with E-state index in [9.17, 15) is 26.4 Å². The van der Waals surface area contributed by atoms with Gasteiger partial charge >= 0.3 is 6.18 Å². The Morgan fingerprint density at radius 1 is 1.03 bits per heavy atom. The molecule has 184 valence electrons. The van der Waals surface area contributed by atoms with E-state index in [0.29, 0.717) is 38.3 Å². The van der Waals surface area contributed by atoms with Gasteiger partial charge in [0, 0.05) is 45.3 Å². The standard InChI is InChI=1S/C22H31F3N4O3S/c23-22(24,25)17-4-5-20(29-7-2-1-3-8-29)19(14-17)26-21(30)15-27-9-11-28(12-10-27)18-6-13-33(31,32)16-18/h4-5,14,18H,1-3,6-13,15-16H2,(H,26,30)/t18-/m0/s1. The van der Waals surface area contributed by atoms with Crippen molar-refractivity contribution in [2.75, 3.05) is 67.5 Å². The van der Waals surface area contributed by atoms with E-state index in [1.165, 1.54) is 6.07 Å². The SMILES string of the molecule is O=C(CN1CCN([C@H]2CCS(=O)(=O)C2)CC1)Nc1cc(C(F)(F)F)ccc1N1CCCCC1. The van der Waals surface area contributed by atoms with E-state index < -0.39 is 21.6 Å². The average Bonchev–Trinajstić information content (AvgIpc) is 3.14. The second-order valence-electron chi connectivity index (χ2n) is 9.19. The van der Waals surface area contributed by atoms with Crippen LogP contribution in [-0.2, 0) is 20.8 Å². The number of carbonyl (C=O) groups is 1. The minimum absolute atomic E-state index is 0.0446. The molecule has 0 aliphatic carbocycles. The van der Waals surface area contributed by atoms with Crippen molar-refractivity contribution in [2.24, 2.45) is 0 Å². The van der Waals surface area contributed by atoms with Crippen molar-refractivity contribution in [1.29, 1.82) is 0 Å². The summed E-state index contributed by atoms with van der Waals surface area (Å²) in [5, 5.41) is 2.73. The zero-order valence-corrected chi connectivity index (χ0v) is 19.4. The van der Waals surface area contributed by atoms with E-state index in [1.54, 1.807) is 0 Å². The molecule has 1 amide bonds. The van der Waals surface area contributed by atoms with Crippen LogP contribution in [0.2, 0.25) is 0 Å². The monoisotopic (exact) mass is 488 g/mol. The lowest BCUT2D eigenvalue weighted by Gasteiger charge is -2.37. The fourth-order valence-corrected chi connectivity index (χ4v) is 6.73. The molecular weight excluding hydrogens is 457 g/mol. The number of nitrogens with one attached hydrogen (secondary N) is 1. The summed E-state index contributed by atoms with van der Waals surface area (Å²) >= 11 is 0. The number of benzene rings is 1. The summed E-state index contributed by atoms with van der Waals surface area (Å²) in [5.74, 6) is 0.0864. The van der Waals surface area contributed by atoms with Crippen molar-refractivity contribution < 1.29 is 26.4 Å². The van der Waals surface area contributed by atoms with E-state index in [-0.39, 0.29) is 35.7 Å². The normalized spacial score (nSPS) is 24.7. The van der Waals surface area contributed by atoms with Crippen LogP contribution in [0.15, 0.2) is 18.2 Å². The predicted molar refractivity (Wildman–Crippen MR) is 121 cm³/mol. The van der Waals surface area contributed by atoms with E-state index in [2.05, 4.69) is 10.2 Å². The highest BCUT2D eigenvalue weighted by molar-refractivity contribution is 7.91. The highest BCUT2D eigenvalue weighted by Gasteiger charge is 2.34. The predicted octanol–water partition coefficient (Wildman–Crippen LogP) is 2.44. The fourth-order valence-electron chi connectivity index (χ4n) is 4.97. The number of rotatable bonds is 5. The molecule has 1 atom stereocenters. The largest absolute Gasteiger partial charge is 0.416 e. The van der Waals surface area contributed by atoms with Gasteiger partial charge in [0.1, 0.15) is 0 Å². The Morgan fingerprint density at radius 2 is 1.73 bits per heavy atom. The number of halogens is 3. The van der Waals surface area contributed by atoms with Gasteiger partial charge in [-0.1, -0.05) is 0 Å². The van der Waals surface area contributed by atoms with Gasteiger partial charge < -0.3 is 10.2 Å². The summed E-state index contributed by atoms with van der Waals surface area (Å²) in [6.07, 6.45) is -0.791. The van der Waals surface area contributed by atoms with Gasteiger partial charge in [0.2, 0.25) is 5.91 Å². The van der Waals surface area contributed by atoms with Gasteiger partial charge in [-0.15, -0.1) is 0 Å². The molecule has 3 fully saturated rings. The van der Waals surface area contributed by atoms with Gasteiger partial charge in [0.15, 0.2) is 9.84 Å². The maximum absolute atomic E-state index is 13.3. The Hall–Kier alpha value is -1.85. The third-order valence-electron chi connectivity index (χ3n) is 6.79. The number of amides is 1. The van der Waals surface area contributed by atoms with Gasteiger partial charge in [0.25, 0.3) is 0 Å². The zero-order chi connectivity index (χ0) is 23.6. The summed E-state index contributed by atoms with van der Waals surface area (Å²) in [5.41, 5.74) is 0.0496. The van der Waals surface area contributed by atoms with E-state index in [4.69, 9.17) is 0 Å². The Bertz CT molecular complexity index is 956. The third-order valence-corrected chi connectivity index (χ3v) is 8.54. The fraction of sp³-hybridized carbons (Fsp3) is 0.682. The molecule has 3 heterocycles. The first-order valence-corrected chi connectivity index (χ1v) is 13.4. The van der Waals surface area contributed by atoms with Gasteiger partial charge in [-0.2, -0.15) is 13.2 Å². The Balaban J connectivity index is 1.37. The van der Waals surface area contributed by atoms with Crippen LogP contribution in [0.25, 0.3) is 0 Å². The number of piperazine rings is 1. The molecule has 1 aromatic carbocycles. The second kappa shape index (κ2) is 9.79. The number of anilines is 2. The van der Waals surface area contributed by atoms with Crippen LogP contribution < -0.4 is 10.2 Å². The number of hydrogen-bond acceptors (Lipinski definition) is 6. The Kier molecular flexibility index (Phi) is 7.20. The van der Waals surface area contributed by atoms with E-state index >= 15 is 0 Å². The first kappa shape index (κ1) is 24.3. The maximum Gasteiger partial charge on any atom is 0.416 e. The summed E-state index contributed by atoms with van der Waals surface area (Å²) in [6.45, 7) is 4.19. The lowest BCUT2D eigenvalue weighted by Crippen LogP contribution is -2.52. The van der Waals surface area contributed by atoms with Gasteiger partial charge in [-0.05, 0) is 43.9 Å². The lowest BCUT2D eigenvalue weighted by atomic mass is 10.1. The van der Waals surface area contributed by atoms with Crippen LogP contribution in [-0.4, -0.2) is 87.5 Å². The zero-order valence-electron chi connectivity index (χ0n) is 18.6. The number of sulfone groups is 1. The first-order chi connectivity index (χ1) is 15.6. The van der Waals surface area contributed by atoms with Gasteiger partial charge in [0.05, 0.1) is 35.0 Å². The van der Waals surface area contributed by atoms with Crippen molar-refractivity contribution in [3.05, 3.63) is 23.8 Å². The molecule has 7 nitrogen and oxygen atoms in total. The molecule has 3 saturated heterocycles. The van der Waals surface area contributed by atoms with Crippen LogP contribution in [0.1, 0.15) is 31.2 Å². The molecule has 0 saturated carbocycles. The number of hydrogen-bond donors (Lipinski definition) is 1. The quantitative estimate of drug-likeness (QED) is 0.687. The van der Waals surface area contributed by atoms with Crippen LogP contribution >= 0.6 is 0 Å². The van der Waals surface area contributed by atoms with Gasteiger partial charge in [-0.25, -0.2) is 8.42 Å². The molecule has 1 N–H and O–H groups in total. The molecule has 1 aromatic rings. The summed E-state index contributed by atoms with van der Waals surface area (Å²) in [7, 11) is -2.94. The Labute approximate surface area is 192 Å². The smallest absolute Gasteiger partial charge is 0.370 e. The molecule has 33 heavy (non-hydrogen) atoms. The van der Waals surface area contributed by atoms with E-state index in [1.807, 2.05) is 9.80 Å². The van der Waals surface area contributed by atoms with Gasteiger partial charge in [-0.3, -0.25) is 14.6 Å². The topological polar surface area (TPSA) is 73.0 Å². The molecule has 0 aromatic heterocycles. The molecule has 11 heteroatoms. The maximum atomic E-state index is 13.3. The van der Waals surface area contributed by atoms with E-state index in [0.717, 1.165) is 44.5 Å². The molecule has 4 rings (SSSR count). The minimum Gasteiger partial charge on any atom is -0.370 e. The highest BCUT2D eigenvalue weighted by atomic mass is 32.2. The first-order valence-electron chi connectivity index (χ1n) is 11.5. The van der Waals surface area contributed by atoms with Crippen LogP contribution in [0.5, 0.6) is 0 Å². The summed E-state index contributed by atoms with van der Waals surface area (Å²) in [4.78, 5) is 18.9. The number of alkyl halides is 3. The number of nitrogens with zero attached hydrogens (tertiary/aromatic N) is 3. The molecule has 0 unspecified atom stereocenters. The van der Waals surface area contributed by atoms with Crippen LogP contribution in [0.3, 0.4) is 0 Å². The second-order valence-corrected chi connectivity index (χ2v) is 11.4. The molecule has 3 aliphatic heterocycles. The van der Waals surface area contributed by atoms with Crippen molar-refractivity contribution in [2.45, 2.75) is 37.9 Å². The Morgan fingerprint density at radius 3 is 2.33 bits per heavy atom. The number of carbonyl (C=O) groups excluding carboxylic acids is 1.